The highest BCUT2D eigenvalue weighted by Crippen LogP contribution is 2.26. The van der Waals surface area contributed by atoms with E-state index in [0.29, 0.717) is 19.0 Å². The second kappa shape index (κ2) is 11.1. The first-order valence-electron chi connectivity index (χ1n) is 9.65. The molecule has 0 heterocycles. The molecule has 1 aromatic carbocycles. The number of urea groups is 1. The second-order valence-electron chi connectivity index (χ2n) is 7.13. The molecule has 1 aliphatic carbocycles. The average molecular weight is 393 g/mol. The Morgan fingerprint density at radius 3 is 2.48 bits per heavy atom. The van der Waals surface area contributed by atoms with E-state index in [0.717, 1.165) is 11.3 Å². The fourth-order valence-corrected chi connectivity index (χ4v) is 3.99. The van der Waals surface area contributed by atoms with Crippen LogP contribution in [0.25, 0.3) is 0 Å². The first-order chi connectivity index (χ1) is 13.0. The molecule has 1 aromatic rings. The highest BCUT2D eigenvalue weighted by Gasteiger charge is 2.20. The van der Waals surface area contributed by atoms with Gasteiger partial charge in [-0.3, -0.25) is 4.79 Å². The summed E-state index contributed by atoms with van der Waals surface area (Å²) in [7, 11) is 2.17. The number of hydrogen-bond donors (Lipinski definition) is 3. The third-order valence-corrected chi connectivity index (χ3v) is 5.82. The minimum absolute atomic E-state index is 0.203. The van der Waals surface area contributed by atoms with Crippen LogP contribution in [-0.2, 0) is 11.3 Å². The van der Waals surface area contributed by atoms with Crippen LogP contribution in [0.1, 0.15) is 44.1 Å². The van der Waals surface area contributed by atoms with Crippen molar-refractivity contribution < 1.29 is 9.59 Å². The number of thioether (sulfide) groups is 1. The molecule has 1 aliphatic rings. The van der Waals surface area contributed by atoms with Crippen LogP contribution in [0.15, 0.2) is 24.3 Å². The molecule has 1 saturated carbocycles. The van der Waals surface area contributed by atoms with Gasteiger partial charge >= 0.3 is 6.03 Å². The molecule has 27 heavy (non-hydrogen) atoms. The molecule has 6 nitrogen and oxygen atoms in total. The van der Waals surface area contributed by atoms with E-state index in [1.807, 2.05) is 18.4 Å². The van der Waals surface area contributed by atoms with Gasteiger partial charge in [0.15, 0.2) is 0 Å². The summed E-state index contributed by atoms with van der Waals surface area (Å²) in [4.78, 5) is 25.8. The zero-order valence-corrected chi connectivity index (χ0v) is 17.2. The molecule has 1 unspecified atom stereocenters. The van der Waals surface area contributed by atoms with Gasteiger partial charge in [-0.25, -0.2) is 4.79 Å². The minimum atomic E-state index is -0.675. The van der Waals surface area contributed by atoms with Crippen molar-refractivity contribution in [3.05, 3.63) is 29.8 Å². The van der Waals surface area contributed by atoms with E-state index in [4.69, 9.17) is 5.73 Å². The molecular weight excluding hydrogens is 360 g/mol. The molecule has 0 spiro atoms. The number of carbonyl (C=O) groups is 2. The molecule has 1 atom stereocenters. The number of hydrogen-bond acceptors (Lipinski definition) is 4. The smallest absolute Gasteiger partial charge is 0.312 e. The van der Waals surface area contributed by atoms with Crippen molar-refractivity contribution in [2.24, 2.45) is 5.73 Å². The number of primary amides is 1. The van der Waals surface area contributed by atoms with Gasteiger partial charge in [0.2, 0.25) is 5.91 Å². The molecule has 0 aliphatic heterocycles. The fraction of sp³-hybridized carbons (Fsp3) is 0.600. The number of benzene rings is 1. The Morgan fingerprint density at radius 2 is 1.89 bits per heavy atom. The number of nitrogens with zero attached hydrogens (tertiary/aromatic N) is 1. The molecule has 150 valence electrons. The molecule has 7 heteroatoms. The lowest BCUT2D eigenvalue weighted by Gasteiger charge is -2.33. The summed E-state index contributed by atoms with van der Waals surface area (Å²) in [5.74, 6) is 0.576. The Balaban J connectivity index is 1.87. The summed E-state index contributed by atoms with van der Waals surface area (Å²) in [6.45, 7) is 0.433. The van der Waals surface area contributed by atoms with Crippen LogP contribution < -0.4 is 21.3 Å². The predicted molar refractivity (Wildman–Crippen MR) is 113 cm³/mol. The summed E-state index contributed by atoms with van der Waals surface area (Å²) >= 11 is 1.63. The normalized spacial score (nSPS) is 15.8. The summed E-state index contributed by atoms with van der Waals surface area (Å²) < 4.78 is 0. The highest BCUT2D eigenvalue weighted by atomic mass is 32.2. The zero-order valence-electron chi connectivity index (χ0n) is 16.4. The van der Waals surface area contributed by atoms with Crippen molar-refractivity contribution in [2.45, 2.75) is 57.2 Å². The highest BCUT2D eigenvalue weighted by molar-refractivity contribution is 7.98. The van der Waals surface area contributed by atoms with Gasteiger partial charge in [-0.05, 0) is 49.0 Å². The van der Waals surface area contributed by atoms with Gasteiger partial charge in [0.05, 0.1) is 0 Å². The van der Waals surface area contributed by atoms with Crippen LogP contribution >= 0.6 is 11.8 Å². The van der Waals surface area contributed by atoms with Gasteiger partial charge in [-0.2, -0.15) is 11.8 Å². The number of carbonyl (C=O) groups excluding carboxylic acids is 2. The summed E-state index contributed by atoms with van der Waals surface area (Å²) in [6, 6.07) is 7.69. The van der Waals surface area contributed by atoms with Gasteiger partial charge in [0.1, 0.15) is 6.04 Å². The number of anilines is 1. The van der Waals surface area contributed by atoms with E-state index in [2.05, 4.69) is 34.7 Å². The van der Waals surface area contributed by atoms with Crippen LogP contribution in [0.4, 0.5) is 10.5 Å². The van der Waals surface area contributed by atoms with E-state index < -0.39 is 12.1 Å². The van der Waals surface area contributed by atoms with E-state index in [1.54, 1.807) is 11.8 Å². The average Bonchev–Trinajstić information content (AvgIpc) is 2.69. The van der Waals surface area contributed by atoms with Crippen molar-refractivity contribution in [3.8, 4) is 0 Å². The number of amides is 3. The third kappa shape index (κ3) is 6.97. The minimum Gasteiger partial charge on any atom is -0.372 e. The maximum atomic E-state index is 12.3. The topological polar surface area (TPSA) is 87.5 Å². The predicted octanol–water partition coefficient (Wildman–Crippen LogP) is 2.86. The zero-order chi connectivity index (χ0) is 19.6. The first-order valence-corrected chi connectivity index (χ1v) is 11.0. The van der Waals surface area contributed by atoms with Gasteiger partial charge in [-0.15, -0.1) is 0 Å². The van der Waals surface area contributed by atoms with E-state index in [9.17, 15) is 9.59 Å². The van der Waals surface area contributed by atoms with E-state index in [1.165, 1.54) is 37.8 Å². The quantitative estimate of drug-likeness (QED) is 0.603. The van der Waals surface area contributed by atoms with E-state index >= 15 is 0 Å². The summed E-state index contributed by atoms with van der Waals surface area (Å²) in [6.07, 6.45) is 9.03. The Hall–Kier alpha value is -1.89. The molecule has 1 fully saturated rings. The van der Waals surface area contributed by atoms with Crippen molar-refractivity contribution >= 4 is 29.4 Å². The molecular formula is C20H32N4O2S. The van der Waals surface area contributed by atoms with Gasteiger partial charge in [-0.1, -0.05) is 31.4 Å². The lowest BCUT2D eigenvalue weighted by molar-refractivity contribution is -0.123. The third-order valence-electron chi connectivity index (χ3n) is 5.18. The lowest BCUT2D eigenvalue weighted by atomic mass is 9.94. The molecule has 0 bridgehead atoms. The van der Waals surface area contributed by atoms with Crippen LogP contribution in [0.3, 0.4) is 0 Å². The number of nitrogens with one attached hydrogen (secondary N) is 2. The first kappa shape index (κ1) is 21.4. The fourth-order valence-electron chi connectivity index (χ4n) is 3.52. The second-order valence-corrected chi connectivity index (χ2v) is 8.12. The van der Waals surface area contributed by atoms with Crippen molar-refractivity contribution in [3.63, 3.8) is 0 Å². The molecule has 0 aromatic heterocycles. The van der Waals surface area contributed by atoms with Crippen molar-refractivity contribution in [2.75, 3.05) is 24.0 Å². The Bertz CT molecular complexity index is 603. The van der Waals surface area contributed by atoms with Crippen LogP contribution in [-0.4, -0.2) is 43.1 Å². The number of rotatable bonds is 9. The lowest BCUT2D eigenvalue weighted by Crippen LogP contribution is -2.48. The van der Waals surface area contributed by atoms with Gasteiger partial charge in [0.25, 0.3) is 0 Å². The number of nitrogens with two attached hydrogens (primary N) is 1. The Morgan fingerprint density at radius 1 is 1.22 bits per heavy atom. The SMILES string of the molecule is CSCCC(NC(N)=O)C(=O)NCc1ccc(N(C)C2CCCCC2)cc1. The summed E-state index contributed by atoms with van der Waals surface area (Å²) in [5.41, 5.74) is 7.42. The van der Waals surface area contributed by atoms with Crippen molar-refractivity contribution in [1.82, 2.24) is 10.6 Å². The van der Waals surface area contributed by atoms with E-state index in [-0.39, 0.29) is 5.91 Å². The van der Waals surface area contributed by atoms with Crippen LogP contribution in [0.2, 0.25) is 0 Å². The largest absolute Gasteiger partial charge is 0.372 e. The standard InChI is InChI=1S/C20H32N4O2S/c1-24(16-6-4-3-5-7-16)17-10-8-15(9-11-17)14-22-19(25)18(12-13-27-2)23-20(21)26/h8-11,16,18H,3-7,12-14H2,1-2H3,(H,22,25)(H3,21,23,26). The molecule has 2 rings (SSSR count). The maximum Gasteiger partial charge on any atom is 0.312 e. The van der Waals surface area contributed by atoms with Gasteiger partial charge < -0.3 is 21.3 Å². The van der Waals surface area contributed by atoms with Crippen LogP contribution in [0, 0.1) is 0 Å². The Labute approximate surface area is 166 Å². The van der Waals surface area contributed by atoms with Crippen molar-refractivity contribution in [1.29, 1.82) is 0 Å². The molecule has 4 N–H and O–H groups in total. The van der Waals surface area contributed by atoms with Gasteiger partial charge in [0, 0.05) is 25.3 Å². The monoisotopic (exact) mass is 392 g/mol. The molecule has 0 saturated heterocycles. The summed E-state index contributed by atoms with van der Waals surface area (Å²) in [5, 5.41) is 5.41. The Kier molecular flexibility index (Phi) is 8.78. The van der Waals surface area contributed by atoms with Crippen LogP contribution in [0.5, 0.6) is 0 Å². The molecule has 0 radical (unpaired) electrons. The maximum absolute atomic E-state index is 12.3. The molecule has 3 amide bonds.